The molecule has 1 aromatic heterocycles. The Morgan fingerprint density at radius 3 is 2.62 bits per heavy atom. The molecule has 2 saturated heterocycles. The second kappa shape index (κ2) is 10.6. The molecule has 8 heteroatoms. The molecule has 2 aliphatic heterocycles. The fourth-order valence-corrected chi connectivity index (χ4v) is 4.54. The van der Waals surface area contributed by atoms with Crippen LogP contribution in [0.1, 0.15) is 51.0 Å². The van der Waals surface area contributed by atoms with Gasteiger partial charge < -0.3 is 14.8 Å². The Morgan fingerprint density at radius 2 is 1.90 bits per heavy atom. The predicted molar refractivity (Wildman–Crippen MR) is 122 cm³/mol. The number of amides is 1. The molecule has 2 fully saturated rings. The van der Waals surface area contributed by atoms with E-state index in [-0.39, 0.29) is 24.8 Å². The molecule has 0 spiro atoms. The molecule has 0 aliphatic carbocycles. The molecule has 1 unspecified atom stereocenters. The van der Waals surface area contributed by atoms with Crippen molar-refractivity contribution in [2.24, 2.45) is 0 Å². The second-order valence-electron chi connectivity index (χ2n) is 8.00. The van der Waals surface area contributed by atoms with Crippen LogP contribution >= 0.6 is 24.8 Å². The summed E-state index contributed by atoms with van der Waals surface area (Å²) in [6, 6.07) is 9.10. The van der Waals surface area contributed by atoms with Crippen LogP contribution in [0, 0.1) is 0 Å². The van der Waals surface area contributed by atoms with Crippen LogP contribution in [-0.2, 0) is 4.79 Å². The number of likely N-dealkylation sites (tertiary alicyclic amines) is 1. The van der Waals surface area contributed by atoms with E-state index >= 15 is 0 Å². The maximum absolute atomic E-state index is 12.6. The lowest BCUT2D eigenvalue weighted by Crippen LogP contribution is -2.47. The Bertz CT molecular complexity index is 803. The summed E-state index contributed by atoms with van der Waals surface area (Å²) >= 11 is 0. The highest BCUT2D eigenvalue weighted by Gasteiger charge is 2.31. The summed E-state index contributed by atoms with van der Waals surface area (Å²) in [4.78, 5) is 22.0. The van der Waals surface area contributed by atoms with Crippen molar-refractivity contribution in [2.75, 3.05) is 39.3 Å². The van der Waals surface area contributed by atoms with Gasteiger partial charge in [0.1, 0.15) is 5.82 Å². The van der Waals surface area contributed by atoms with Crippen LogP contribution in [-0.4, -0.2) is 64.5 Å². The number of para-hydroxylation sites is 2. The normalized spacial score (nSPS) is 20.0. The lowest BCUT2D eigenvalue weighted by atomic mass is 10.2. The number of fused-ring (bicyclic) bond motifs is 1. The number of hydrogen-bond acceptors (Lipinski definition) is 4. The quantitative estimate of drug-likeness (QED) is 0.771. The number of hydrogen-bond donors (Lipinski definition) is 1. The lowest BCUT2D eigenvalue weighted by Gasteiger charge is -2.29. The first kappa shape index (κ1) is 23.9. The summed E-state index contributed by atoms with van der Waals surface area (Å²) < 4.78 is 2.39. The first-order chi connectivity index (χ1) is 13.1. The van der Waals surface area contributed by atoms with Gasteiger partial charge in [0.05, 0.1) is 17.1 Å². The van der Waals surface area contributed by atoms with Gasteiger partial charge in [-0.05, 0) is 45.4 Å². The average molecular weight is 442 g/mol. The highest BCUT2D eigenvalue weighted by Crippen LogP contribution is 2.35. The molecule has 1 aromatic carbocycles. The molecule has 29 heavy (non-hydrogen) atoms. The molecule has 1 N–H and O–H groups in total. The molecular formula is C21H33Cl2N5O. The van der Waals surface area contributed by atoms with Crippen LogP contribution in [0.2, 0.25) is 0 Å². The van der Waals surface area contributed by atoms with E-state index in [2.05, 4.69) is 52.9 Å². The van der Waals surface area contributed by atoms with E-state index in [0.717, 1.165) is 51.2 Å². The van der Waals surface area contributed by atoms with Crippen molar-refractivity contribution in [3.05, 3.63) is 30.1 Å². The number of piperazine rings is 1. The third-order valence-corrected chi connectivity index (χ3v) is 5.88. The number of halogens is 2. The van der Waals surface area contributed by atoms with Crippen LogP contribution in [0.15, 0.2) is 24.3 Å². The van der Waals surface area contributed by atoms with Crippen molar-refractivity contribution in [1.82, 2.24) is 24.7 Å². The Labute approximate surface area is 185 Å². The molecule has 3 heterocycles. The maximum Gasteiger partial charge on any atom is 0.223 e. The van der Waals surface area contributed by atoms with Crippen LogP contribution in [0.4, 0.5) is 0 Å². The number of nitrogens with one attached hydrogen (secondary N) is 1. The van der Waals surface area contributed by atoms with Gasteiger partial charge in [-0.1, -0.05) is 12.1 Å². The van der Waals surface area contributed by atoms with E-state index in [9.17, 15) is 4.79 Å². The summed E-state index contributed by atoms with van der Waals surface area (Å²) in [7, 11) is 0. The van der Waals surface area contributed by atoms with Crippen LogP contribution in [0.5, 0.6) is 0 Å². The molecule has 0 saturated carbocycles. The summed E-state index contributed by atoms with van der Waals surface area (Å²) in [5.41, 5.74) is 2.29. The minimum Gasteiger partial charge on any atom is -0.340 e. The van der Waals surface area contributed by atoms with Crippen molar-refractivity contribution < 1.29 is 4.79 Å². The Hall–Kier alpha value is -1.34. The zero-order valence-corrected chi connectivity index (χ0v) is 19.0. The SMILES string of the molecule is CC(C)n1c(C2CCCN2CCC(=O)N2CCNCC2)nc2ccccc21.Cl.Cl. The summed E-state index contributed by atoms with van der Waals surface area (Å²) in [5.74, 6) is 1.46. The smallest absolute Gasteiger partial charge is 0.223 e. The zero-order valence-electron chi connectivity index (χ0n) is 17.3. The van der Waals surface area contributed by atoms with Gasteiger partial charge in [0.15, 0.2) is 0 Å². The fourth-order valence-electron chi connectivity index (χ4n) is 4.54. The number of carbonyl (C=O) groups excluding carboxylic acids is 1. The van der Waals surface area contributed by atoms with Gasteiger partial charge in [-0.25, -0.2) is 4.98 Å². The van der Waals surface area contributed by atoms with Gasteiger partial charge in [0, 0.05) is 45.2 Å². The molecule has 162 valence electrons. The van der Waals surface area contributed by atoms with Gasteiger partial charge in [-0.15, -0.1) is 24.8 Å². The minimum absolute atomic E-state index is 0. The Morgan fingerprint density at radius 1 is 1.17 bits per heavy atom. The molecule has 1 amide bonds. The van der Waals surface area contributed by atoms with Crippen molar-refractivity contribution in [3.8, 4) is 0 Å². The van der Waals surface area contributed by atoms with Crippen molar-refractivity contribution in [3.63, 3.8) is 0 Å². The van der Waals surface area contributed by atoms with E-state index in [1.54, 1.807) is 0 Å². The second-order valence-corrected chi connectivity index (χ2v) is 8.00. The first-order valence-corrected chi connectivity index (χ1v) is 10.3. The third-order valence-electron chi connectivity index (χ3n) is 5.88. The minimum atomic E-state index is 0. The molecular weight excluding hydrogens is 409 g/mol. The Kier molecular flexibility index (Phi) is 8.76. The molecule has 0 radical (unpaired) electrons. The predicted octanol–water partition coefficient (Wildman–Crippen LogP) is 3.42. The van der Waals surface area contributed by atoms with Gasteiger partial charge in [0.2, 0.25) is 5.91 Å². The number of imidazole rings is 1. The Balaban J connectivity index is 0.00000150. The molecule has 2 aromatic rings. The topological polar surface area (TPSA) is 53.4 Å². The number of carbonyl (C=O) groups is 1. The summed E-state index contributed by atoms with van der Waals surface area (Å²) in [5, 5.41) is 3.31. The zero-order chi connectivity index (χ0) is 18.8. The maximum atomic E-state index is 12.6. The highest BCUT2D eigenvalue weighted by atomic mass is 35.5. The number of rotatable bonds is 5. The largest absolute Gasteiger partial charge is 0.340 e. The van der Waals surface area contributed by atoms with Crippen molar-refractivity contribution >= 4 is 41.8 Å². The van der Waals surface area contributed by atoms with E-state index < -0.39 is 0 Å². The van der Waals surface area contributed by atoms with Crippen LogP contribution < -0.4 is 5.32 Å². The summed E-state index contributed by atoms with van der Waals surface area (Å²) in [6.07, 6.45) is 2.91. The number of nitrogens with zero attached hydrogens (tertiary/aromatic N) is 4. The molecule has 4 rings (SSSR count). The van der Waals surface area contributed by atoms with E-state index in [0.29, 0.717) is 24.4 Å². The van der Waals surface area contributed by atoms with E-state index in [1.807, 2.05) is 4.90 Å². The van der Waals surface area contributed by atoms with Gasteiger partial charge >= 0.3 is 0 Å². The van der Waals surface area contributed by atoms with Crippen molar-refractivity contribution in [2.45, 2.75) is 45.2 Å². The number of aromatic nitrogens is 2. The molecule has 2 aliphatic rings. The van der Waals surface area contributed by atoms with Gasteiger partial charge in [-0.3, -0.25) is 9.69 Å². The lowest BCUT2D eigenvalue weighted by molar-refractivity contribution is -0.132. The summed E-state index contributed by atoms with van der Waals surface area (Å²) in [6.45, 7) is 9.84. The molecule has 1 atom stereocenters. The highest BCUT2D eigenvalue weighted by molar-refractivity contribution is 5.85. The molecule has 6 nitrogen and oxygen atoms in total. The monoisotopic (exact) mass is 441 g/mol. The fraction of sp³-hybridized carbons (Fsp3) is 0.619. The van der Waals surface area contributed by atoms with E-state index in [1.165, 1.54) is 17.8 Å². The van der Waals surface area contributed by atoms with Gasteiger partial charge in [0.25, 0.3) is 0 Å². The first-order valence-electron chi connectivity index (χ1n) is 10.3. The molecule has 0 bridgehead atoms. The average Bonchev–Trinajstić information content (AvgIpc) is 3.30. The third kappa shape index (κ3) is 5.05. The van der Waals surface area contributed by atoms with Crippen LogP contribution in [0.3, 0.4) is 0 Å². The van der Waals surface area contributed by atoms with Crippen LogP contribution in [0.25, 0.3) is 11.0 Å². The van der Waals surface area contributed by atoms with E-state index in [4.69, 9.17) is 4.98 Å². The van der Waals surface area contributed by atoms with Gasteiger partial charge in [-0.2, -0.15) is 0 Å². The standard InChI is InChI=1S/C21H31N5O.2ClH/c1-16(2)26-18-7-4-3-6-17(18)23-21(26)19-8-5-12-24(19)13-9-20(27)25-14-10-22-11-15-25;;/h3-4,6-7,16,19,22H,5,8-15H2,1-2H3;2*1H. The van der Waals surface area contributed by atoms with Crippen molar-refractivity contribution in [1.29, 1.82) is 0 Å². The number of benzene rings is 1.